The first kappa shape index (κ1) is 16.0. The van der Waals surface area contributed by atoms with Crippen LogP contribution in [0.15, 0.2) is 18.3 Å². The minimum atomic E-state index is -0.294. The van der Waals surface area contributed by atoms with Crippen LogP contribution in [0, 0.1) is 5.41 Å². The zero-order valence-corrected chi connectivity index (χ0v) is 13.4. The van der Waals surface area contributed by atoms with Crippen molar-refractivity contribution in [2.45, 2.75) is 26.3 Å². The second kappa shape index (κ2) is 7.09. The van der Waals surface area contributed by atoms with Crippen LogP contribution in [0.1, 0.15) is 25.5 Å². The van der Waals surface area contributed by atoms with E-state index in [-0.39, 0.29) is 11.3 Å². The third kappa shape index (κ3) is 4.08. The van der Waals surface area contributed by atoms with Crippen LogP contribution >= 0.6 is 0 Å². The number of piperidine rings is 1. The molecule has 1 fully saturated rings. The average Bonchev–Trinajstić information content (AvgIpc) is 2.84. The fourth-order valence-electron chi connectivity index (χ4n) is 3.03. The lowest BCUT2D eigenvalue weighted by Gasteiger charge is -2.39. The molecule has 5 heteroatoms. The van der Waals surface area contributed by atoms with Gasteiger partial charge in [-0.2, -0.15) is 0 Å². The molecule has 1 atom stereocenters. The first-order valence-electron chi connectivity index (χ1n) is 7.65. The molecule has 1 aliphatic rings. The molecule has 0 bridgehead atoms. The molecule has 2 heterocycles. The summed E-state index contributed by atoms with van der Waals surface area (Å²) in [5, 5.41) is 2.99. The largest absolute Gasteiger partial charge is 0.383 e. The van der Waals surface area contributed by atoms with E-state index in [1.807, 2.05) is 0 Å². The van der Waals surface area contributed by atoms with E-state index in [1.54, 1.807) is 7.11 Å². The van der Waals surface area contributed by atoms with E-state index in [0.717, 1.165) is 32.5 Å². The number of hydrogen-bond acceptors (Lipinski definition) is 3. The van der Waals surface area contributed by atoms with Crippen LogP contribution in [-0.2, 0) is 23.1 Å². The van der Waals surface area contributed by atoms with Crippen molar-refractivity contribution in [3.63, 3.8) is 0 Å². The van der Waals surface area contributed by atoms with Crippen LogP contribution in [0.5, 0.6) is 0 Å². The van der Waals surface area contributed by atoms with Gasteiger partial charge in [0.05, 0.1) is 12.0 Å². The van der Waals surface area contributed by atoms with Gasteiger partial charge in [0.2, 0.25) is 5.91 Å². The van der Waals surface area contributed by atoms with Crippen LogP contribution in [-0.4, -0.2) is 48.7 Å². The number of nitrogens with one attached hydrogen (secondary N) is 1. The third-order valence-corrected chi connectivity index (χ3v) is 4.35. The number of ether oxygens (including phenoxy) is 1. The van der Waals surface area contributed by atoms with Crippen LogP contribution in [0.25, 0.3) is 0 Å². The molecule has 0 saturated carbocycles. The summed E-state index contributed by atoms with van der Waals surface area (Å²) in [5.41, 5.74) is 0.996. The number of aryl methyl sites for hydroxylation is 1. The number of rotatable bonds is 6. The van der Waals surface area contributed by atoms with Crippen molar-refractivity contribution in [2.24, 2.45) is 12.5 Å². The van der Waals surface area contributed by atoms with Crippen LogP contribution in [0.4, 0.5) is 0 Å². The van der Waals surface area contributed by atoms with Gasteiger partial charge in [0.1, 0.15) is 0 Å². The summed E-state index contributed by atoms with van der Waals surface area (Å²) in [4.78, 5) is 14.8. The van der Waals surface area contributed by atoms with Crippen molar-refractivity contribution in [3.8, 4) is 0 Å². The molecule has 0 spiro atoms. The van der Waals surface area contributed by atoms with Crippen molar-refractivity contribution >= 4 is 5.91 Å². The van der Waals surface area contributed by atoms with Crippen molar-refractivity contribution in [3.05, 3.63) is 24.0 Å². The number of carbonyl (C=O) groups is 1. The highest BCUT2D eigenvalue weighted by molar-refractivity contribution is 5.82. The Bertz CT molecular complexity index is 472. The monoisotopic (exact) mass is 293 g/mol. The maximum absolute atomic E-state index is 12.4. The number of likely N-dealkylation sites (tertiary alicyclic amines) is 1. The second-order valence-electron chi connectivity index (χ2n) is 6.23. The number of aromatic nitrogens is 1. The predicted octanol–water partition coefficient (Wildman–Crippen LogP) is 1.39. The van der Waals surface area contributed by atoms with E-state index >= 15 is 0 Å². The molecule has 1 aromatic heterocycles. The Hall–Kier alpha value is -1.33. The van der Waals surface area contributed by atoms with Gasteiger partial charge in [-0.05, 0) is 38.4 Å². The SMILES string of the molecule is COCCNC(=O)C1(C)CCCN(Cc2cccn2C)C1. The standard InChI is InChI=1S/C16H27N3O2/c1-16(15(20)17-8-11-21-3)7-5-10-19(13-16)12-14-6-4-9-18(14)2/h4,6,9H,5,7-8,10-13H2,1-3H3,(H,17,20). The summed E-state index contributed by atoms with van der Waals surface area (Å²) in [5.74, 6) is 0.149. The second-order valence-corrected chi connectivity index (χ2v) is 6.23. The maximum Gasteiger partial charge on any atom is 0.227 e. The summed E-state index contributed by atoms with van der Waals surface area (Å²) in [7, 11) is 3.71. The van der Waals surface area contributed by atoms with Gasteiger partial charge in [0.25, 0.3) is 0 Å². The molecule has 1 aromatic rings. The maximum atomic E-state index is 12.4. The van der Waals surface area contributed by atoms with E-state index in [2.05, 4.69) is 47.1 Å². The lowest BCUT2D eigenvalue weighted by atomic mass is 9.81. The van der Waals surface area contributed by atoms with Gasteiger partial charge in [-0.3, -0.25) is 9.69 Å². The quantitative estimate of drug-likeness (QED) is 0.806. The van der Waals surface area contributed by atoms with E-state index in [1.165, 1.54) is 5.69 Å². The molecule has 1 N–H and O–H groups in total. The Morgan fingerprint density at radius 1 is 1.52 bits per heavy atom. The normalized spacial score (nSPS) is 23.2. The Labute approximate surface area is 127 Å². The summed E-state index contributed by atoms with van der Waals surface area (Å²) in [6.45, 7) is 6.01. The fraction of sp³-hybridized carbons (Fsp3) is 0.688. The molecule has 2 rings (SSSR count). The van der Waals surface area contributed by atoms with Crippen LogP contribution < -0.4 is 5.32 Å². The molecule has 118 valence electrons. The van der Waals surface area contributed by atoms with E-state index in [4.69, 9.17) is 4.74 Å². The third-order valence-electron chi connectivity index (χ3n) is 4.35. The van der Waals surface area contributed by atoms with Crippen molar-refractivity contribution in [2.75, 3.05) is 33.4 Å². The Balaban J connectivity index is 1.92. The van der Waals surface area contributed by atoms with E-state index < -0.39 is 0 Å². The highest BCUT2D eigenvalue weighted by Gasteiger charge is 2.37. The molecule has 1 aliphatic heterocycles. The van der Waals surface area contributed by atoms with Crippen molar-refractivity contribution < 1.29 is 9.53 Å². The lowest BCUT2D eigenvalue weighted by molar-refractivity contribution is -0.133. The Morgan fingerprint density at radius 2 is 2.33 bits per heavy atom. The Kier molecular flexibility index (Phi) is 5.42. The first-order valence-corrected chi connectivity index (χ1v) is 7.65. The van der Waals surface area contributed by atoms with Crippen molar-refractivity contribution in [1.29, 1.82) is 0 Å². The van der Waals surface area contributed by atoms with Crippen LogP contribution in [0.2, 0.25) is 0 Å². The number of methoxy groups -OCH3 is 1. The summed E-state index contributed by atoms with van der Waals surface area (Å²) in [6.07, 6.45) is 4.09. The molecule has 0 aromatic carbocycles. The highest BCUT2D eigenvalue weighted by atomic mass is 16.5. The van der Waals surface area contributed by atoms with Gasteiger partial charge in [-0.15, -0.1) is 0 Å². The van der Waals surface area contributed by atoms with Crippen molar-refractivity contribution in [1.82, 2.24) is 14.8 Å². The van der Waals surface area contributed by atoms with Gasteiger partial charge < -0.3 is 14.6 Å². The molecular weight excluding hydrogens is 266 g/mol. The highest BCUT2D eigenvalue weighted by Crippen LogP contribution is 2.30. The zero-order chi connectivity index (χ0) is 15.3. The average molecular weight is 293 g/mol. The fourth-order valence-corrected chi connectivity index (χ4v) is 3.03. The van der Waals surface area contributed by atoms with Gasteiger partial charge >= 0.3 is 0 Å². The number of hydrogen-bond donors (Lipinski definition) is 1. The van der Waals surface area contributed by atoms with Gasteiger partial charge in [0.15, 0.2) is 0 Å². The molecular formula is C16H27N3O2. The minimum absolute atomic E-state index is 0.149. The smallest absolute Gasteiger partial charge is 0.227 e. The Morgan fingerprint density at radius 3 is 3.00 bits per heavy atom. The van der Waals surface area contributed by atoms with Gasteiger partial charge in [-0.1, -0.05) is 0 Å². The zero-order valence-electron chi connectivity index (χ0n) is 13.4. The molecule has 5 nitrogen and oxygen atoms in total. The molecule has 1 unspecified atom stereocenters. The molecule has 0 aliphatic carbocycles. The minimum Gasteiger partial charge on any atom is -0.383 e. The number of carbonyl (C=O) groups excluding carboxylic acids is 1. The molecule has 1 amide bonds. The van der Waals surface area contributed by atoms with Crippen LogP contribution in [0.3, 0.4) is 0 Å². The molecule has 21 heavy (non-hydrogen) atoms. The summed E-state index contributed by atoms with van der Waals surface area (Å²) < 4.78 is 7.13. The number of nitrogens with zero attached hydrogens (tertiary/aromatic N) is 2. The lowest BCUT2D eigenvalue weighted by Crippen LogP contribution is -2.50. The molecule has 1 saturated heterocycles. The van der Waals surface area contributed by atoms with E-state index in [0.29, 0.717) is 13.2 Å². The van der Waals surface area contributed by atoms with Gasteiger partial charge in [0, 0.05) is 45.7 Å². The predicted molar refractivity (Wildman–Crippen MR) is 82.9 cm³/mol. The molecule has 0 radical (unpaired) electrons. The van der Waals surface area contributed by atoms with E-state index in [9.17, 15) is 4.79 Å². The summed E-state index contributed by atoms with van der Waals surface area (Å²) >= 11 is 0. The van der Waals surface area contributed by atoms with Gasteiger partial charge in [-0.25, -0.2) is 0 Å². The summed E-state index contributed by atoms with van der Waals surface area (Å²) in [6, 6.07) is 4.21. The topological polar surface area (TPSA) is 46.5 Å². The number of amides is 1. The first-order chi connectivity index (χ1) is 10.0.